The Balaban J connectivity index is 1.58. The molecule has 1 aliphatic heterocycles. The number of hydrogen-bond donors (Lipinski definition) is 1. The number of H-pyrrole nitrogens is 1. The van der Waals surface area contributed by atoms with Crippen LogP contribution < -0.4 is 9.77 Å². The zero-order valence-corrected chi connectivity index (χ0v) is 16.9. The van der Waals surface area contributed by atoms with Gasteiger partial charge in [0.1, 0.15) is 0 Å². The summed E-state index contributed by atoms with van der Waals surface area (Å²) < 4.78 is 27.2. The molecule has 0 aliphatic carbocycles. The van der Waals surface area contributed by atoms with Gasteiger partial charge in [0.15, 0.2) is 4.21 Å². The number of aromatic nitrogens is 2. The van der Waals surface area contributed by atoms with Crippen molar-refractivity contribution in [1.82, 2.24) is 14.3 Å². The van der Waals surface area contributed by atoms with Gasteiger partial charge in [0.25, 0.3) is 10.0 Å². The van der Waals surface area contributed by atoms with Gasteiger partial charge in [-0.3, -0.25) is 9.78 Å². The van der Waals surface area contributed by atoms with E-state index in [2.05, 4.69) is 14.9 Å². The summed E-state index contributed by atoms with van der Waals surface area (Å²) in [7, 11) is -3.66. The molecule has 3 aromatic rings. The third-order valence-electron chi connectivity index (χ3n) is 4.62. The van der Waals surface area contributed by atoms with Gasteiger partial charge in [-0.2, -0.15) is 4.31 Å². The van der Waals surface area contributed by atoms with Crippen LogP contribution in [0.25, 0.3) is 10.9 Å². The lowest BCUT2D eigenvalue weighted by Gasteiger charge is -2.35. The average Bonchev–Trinajstić information content (AvgIpc) is 3.00. The maximum atomic E-state index is 12.8. The van der Waals surface area contributed by atoms with Crippen molar-refractivity contribution in [2.24, 2.45) is 0 Å². The van der Waals surface area contributed by atoms with Crippen molar-refractivity contribution in [2.75, 3.05) is 31.1 Å². The molecule has 0 atom stereocenters. The second-order valence-corrected chi connectivity index (χ2v) is 9.86. The molecule has 142 valence electrons. The molecule has 0 spiro atoms. The Labute approximate surface area is 165 Å². The Hall–Kier alpha value is -1.94. The molecule has 1 aliphatic rings. The first-order valence-electron chi connectivity index (χ1n) is 8.35. The van der Waals surface area contributed by atoms with Gasteiger partial charge in [0, 0.05) is 54.2 Å². The van der Waals surface area contributed by atoms with Gasteiger partial charge in [-0.15, -0.1) is 0 Å². The summed E-state index contributed by atoms with van der Waals surface area (Å²) in [6.45, 7) is 3.42. The van der Waals surface area contributed by atoms with E-state index < -0.39 is 10.0 Å². The molecule has 2 aromatic heterocycles. The second-order valence-electron chi connectivity index (χ2n) is 6.31. The predicted octanol–water partition coefficient (Wildman–Crippen LogP) is 2.46. The minimum absolute atomic E-state index is 0.102. The highest BCUT2D eigenvalue weighted by molar-refractivity contribution is 7.91. The summed E-state index contributed by atoms with van der Waals surface area (Å²) in [6.07, 6.45) is 1.73. The van der Waals surface area contributed by atoms with E-state index in [0.29, 0.717) is 36.9 Å². The number of rotatable bonds is 3. The van der Waals surface area contributed by atoms with Crippen LogP contribution in [0.4, 0.5) is 5.69 Å². The number of aromatic amines is 1. The van der Waals surface area contributed by atoms with E-state index in [1.54, 1.807) is 13.1 Å². The molecule has 0 bridgehead atoms. The van der Waals surface area contributed by atoms with Gasteiger partial charge in [-0.1, -0.05) is 22.9 Å². The third-order valence-corrected chi connectivity index (χ3v) is 8.33. The van der Waals surface area contributed by atoms with Crippen LogP contribution in [0.15, 0.2) is 39.5 Å². The van der Waals surface area contributed by atoms with Gasteiger partial charge in [0.2, 0.25) is 0 Å². The van der Waals surface area contributed by atoms with Gasteiger partial charge >= 0.3 is 4.87 Å². The molecule has 4 rings (SSSR count). The molecule has 1 N–H and O–H groups in total. The summed E-state index contributed by atoms with van der Waals surface area (Å²) in [5.74, 6) is 0. The molecular weight excluding hydrogens is 408 g/mol. The average molecular weight is 425 g/mol. The van der Waals surface area contributed by atoms with Gasteiger partial charge in [-0.25, -0.2) is 8.42 Å². The van der Waals surface area contributed by atoms with Crippen LogP contribution in [0.3, 0.4) is 0 Å². The van der Waals surface area contributed by atoms with Crippen molar-refractivity contribution in [1.29, 1.82) is 0 Å². The third kappa shape index (κ3) is 3.36. The van der Waals surface area contributed by atoms with E-state index >= 15 is 0 Å². The topological polar surface area (TPSA) is 86.4 Å². The zero-order valence-electron chi connectivity index (χ0n) is 14.5. The summed E-state index contributed by atoms with van der Waals surface area (Å²) in [5, 5.41) is 1.61. The maximum Gasteiger partial charge on any atom is 0.305 e. The summed E-state index contributed by atoms with van der Waals surface area (Å²) >= 11 is 6.79. The predicted molar refractivity (Wildman–Crippen MR) is 107 cm³/mol. The van der Waals surface area contributed by atoms with Gasteiger partial charge in [-0.05, 0) is 31.2 Å². The second kappa shape index (κ2) is 6.90. The maximum absolute atomic E-state index is 12.8. The Bertz CT molecular complexity index is 1160. The first-order valence-corrected chi connectivity index (χ1v) is 11.0. The molecular formula is C17H17ClN4O3S2. The van der Waals surface area contributed by atoms with E-state index in [1.165, 1.54) is 4.31 Å². The molecule has 0 amide bonds. The highest BCUT2D eigenvalue weighted by Gasteiger charge is 2.31. The number of thiazole rings is 1. The van der Waals surface area contributed by atoms with Gasteiger partial charge < -0.3 is 9.88 Å². The molecule has 0 unspecified atom stereocenters. The van der Waals surface area contributed by atoms with Crippen LogP contribution in [0.2, 0.25) is 5.02 Å². The summed E-state index contributed by atoms with van der Waals surface area (Å²) in [4.78, 5) is 20.2. The van der Waals surface area contributed by atoms with Crippen molar-refractivity contribution >= 4 is 49.6 Å². The minimum atomic E-state index is -3.66. The Kier molecular flexibility index (Phi) is 4.71. The van der Waals surface area contributed by atoms with E-state index in [1.807, 2.05) is 24.3 Å². The fourth-order valence-corrected chi connectivity index (χ4v) is 6.33. The molecule has 0 radical (unpaired) electrons. The summed E-state index contributed by atoms with van der Waals surface area (Å²) in [6, 6.07) is 7.51. The van der Waals surface area contributed by atoms with E-state index in [9.17, 15) is 13.2 Å². The number of anilines is 1. The highest BCUT2D eigenvalue weighted by Crippen LogP contribution is 2.29. The zero-order chi connectivity index (χ0) is 19.2. The highest BCUT2D eigenvalue weighted by atomic mass is 35.5. The fraction of sp³-hybridized carbons (Fsp3) is 0.294. The van der Waals surface area contributed by atoms with Crippen LogP contribution in [0.5, 0.6) is 0 Å². The SMILES string of the molecule is Cc1[nH]c(=O)sc1S(=O)(=O)N1CCN(c2ccnc3cc(Cl)ccc23)CC1. The van der Waals surface area contributed by atoms with Crippen molar-refractivity contribution in [3.8, 4) is 0 Å². The van der Waals surface area contributed by atoms with E-state index in [0.717, 1.165) is 27.9 Å². The molecule has 0 saturated carbocycles. The Morgan fingerprint density at radius 3 is 2.59 bits per heavy atom. The standard InChI is InChI=1S/C17H17ClN4O3S2/c1-11-16(26-17(23)20-11)27(24,25)22-8-6-21(7-9-22)15-4-5-19-14-10-12(18)2-3-13(14)15/h2-5,10H,6-9H2,1H3,(H,20,23). The van der Waals surface area contributed by atoms with Crippen molar-refractivity contribution < 1.29 is 8.42 Å². The number of aryl methyl sites for hydroxylation is 1. The van der Waals surface area contributed by atoms with Crippen LogP contribution in [0, 0.1) is 6.92 Å². The lowest BCUT2D eigenvalue weighted by atomic mass is 10.1. The number of benzene rings is 1. The molecule has 1 aromatic carbocycles. The monoisotopic (exact) mass is 424 g/mol. The van der Waals surface area contributed by atoms with Crippen molar-refractivity contribution in [3.63, 3.8) is 0 Å². The van der Waals surface area contributed by atoms with Crippen LogP contribution >= 0.6 is 22.9 Å². The largest absolute Gasteiger partial charge is 0.368 e. The quantitative estimate of drug-likeness (QED) is 0.697. The number of hydrogen-bond acceptors (Lipinski definition) is 6. The van der Waals surface area contributed by atoms with Crippen LogP contribution in [0.1, 0.15) is 5.69 Å². The minimum Gasteiger partial charge on any atom is -0.368 e. The lowest BCUT2D eigenvalue weighted by molar-refractivity contribution is 0.386. The molecule has 7 nitrogen and oxygen atoms in total. The van der Waals surface area contributed by atoms with Gasteiger partial charge in [0.05, 0.1) is 5.52 Å². The molecule has 1 fully saturated rings. The Morgan fingerprint density at radius 2 is 1.93 bits per heavy atom. The molecule has 27 heavy (non-hydrogen) atoms. The Morgan fingerprint density at radius 1 is 1.19 bits per heavy atom. The molecule has 1 saturated heterocycles. The van der Waals surface area contributed by atoms with Crippen LogP contribution in [-0.4, -0.2) is 48.9 Å². The van der Waals surface area contributed by atoms with Crippen molar-refractivity contribution in [3.05, 3.63) is 50.8 Å². The fourth-order valence-electron chi connectivity index (χ4n) is 3.31. The number of sulfonamides is 1. The van der Waals surface area contributed by atoms with E-state index in [-0.39, 0.29) is 9.08 Å². The number of piperazine rings is 1. The first-order chi connectivity index (χ1) is 12.9. The lowest BCUT2D eigenvalue weighted by Crippen LogP contribution is -2.48. The molecule has 10 heteroatoms. The van der Waals surface area contributed by atoms with E-state index in [4.69, 9.17) is 11.6 Å². The number of fused-ring (bicyclic) bond motifs is 1. The number of nitrogens with one attached hydrogen (secondary N) is 1. The first kappa shape index (κ1) is 18.4. The smallest absolute Gasteiger partial charge is 0.305 e. The van der Waals surface area contributed by atoms with Crippen molar-refractivity contribution in [2.45, 2.75) is 11.1 Å². The number of pyridine rings is 1. The van der Waals surface area contributed by atoms with Crippen LogP contribution in [-0.2, 0) is 10.0 Å². The number of nitrogens with zero attached hydrogens (tertiary/aromatic N) is 3. The summed E-state index contributed by atoms with van der Waals surface area (Å²) in [5.41, 5.74) is 2.21. The normalized spacial score (nSPS) is 16.1. The molecule has 3 heterocycles. The number of halogens is 1.